The van der Waals surface area contributed by atoms with E-state index in [9.17, 15) is 0 Å². The lowest BCUT2D eigenvalue weighted by Crippen LogP contribution is -2.00. The van der Waals surface area contributed by atoms with Gasteiger partial charge in [0.15, 0.2) is 5.65 Å². The molecule has 0 aliphatic heterocycles. The molecule has 0 aliphatic carbocycles. The van der Waals surface area contributed by atoms with E-state index in [1.54, 1.807) is 18.7 Å². The molecular weight excluding hydrogens is 218 g/mol. The maximum Gasteiger partial charge on any atom is 0.318 e. The van der Waals surface area contributed by atoms with Gasteiger partial charge in [0.1, 0.15) is 12.1 Å². The first-order valence-corrected chi connectivity index (χ1v) is 5.11. The van der Waals surface area contributed by atoms with Gasteiger partial charge in [-0.25, -0.2) is 9.97 Å². The molecule has 0 radical (unpaired) electrons. The predicted octanol–water partition coefficient (Wildman–Crippen LogP) is 1.33. The smallest absolute Gasteiger partial charge is 0.318 e. The van der Waals surface area contributed by atoms with Crippen molar-refractivity contribution in [2.75, 3.05) is 0 Å². The summed E-state index contributed by atoms with van der Waals surface area (Å²) in [5, 5.41) is 0. The van der Waals surface area contributed by atoms with E-state index in [0.29, 0.717) is 18.3 Å². The van der Waals surface area contributed by atoms with Crippen molar-refractivity contribution >= 4 is 11.2 Å². The van der Waals surface area contributed by atoms with Crippen LogP contribution in [0.4, 0.5) is 0 Å². The van der Waals surface area contributed by atoms with Crippen molar-refractivity contribution in [1.29, 1.82) is 0 Å². The van der Waals surface area contributed by atoms with Crippen molar-refractivity contribution in [2.24, 2.45) is 0 Å². The Morgan fingerprint density at radius 1 is 1.18 bits per heavy atom. The number of pyridine rings is 1. The lowest BCUT2D eigenvalue weighted by molar-refractivity contribution is 0.277. The Balaban J connectivity index is 1.76. The van der Waals surface area contributed by atoms with Crippen LogP contribution < -0.4 is 4.74 Å². The first-order valence-electron chi connectivity index (χ1n) is 5.11. The lowest BCUT2D eigenvalue weighted by Gasteiger charge is -2.02. The third-order valence-corrected chi connectivity index (χ3v) is 2.23. The number of fused-ring (bicyclic) bond motifs is 1. The Morgan fingerprint density at radius 2 is 2.18 bits per heavy atom. The summed E-state index contributed by atoms with van der Waals surface area (Å²) in [4.78, 5) is 19.3. The number of hydrogen-bond acceptors (Lipinski definition) is 5. The van der Waals surface area contributed by atoms with E-state index in [-0.39, 0.29) is 0 Å². The maximum absolute atomic E-state index is 5.43. The zero-order valence-corrected chi connectivity index (χ0v) is 8.87. The van der Waals surface area contributed by atoms with Crippen molar-refractivity contribution in [3.63, 3.8) is 0 Å². The number of nitrogens with one attached hydrogen (secondary N) is 1. The molecule has 0 aliphatic rings. The predicted molar refractivity (Wildman–Crippen MR) is 60.3 cm³/mol. The second kappa shape index (κ2) is 4.17. The second-order valence-corrected chi connectivity index (χ2v) is 3.40. The quantitative estimate of drug-likeness (QED) is 0.730. The van der Waals surface area contributed by atoms with Crippen molar-refractivity contribution < 1.29 is 4.74 Å². The van der Waals surface area contributed by atoms with E-state index in [1.807, 2.05) is 18.2 Å². The molecule has 0 fully saturated rings. The van der Waals surface area contributed by atoms with Crippen LogP contribution in [-0.2, 0) is 6.61 Å². The van der Waals surface area contributed by atoms with Crippen LogP contribution in [0, 0.1) is 0 Å². The van der Waals surface area contributed by atoms with Crippen LogP contribution >= 0.6 is 0 Å². The molecule has 1 N–H and O–H groups in total. The SMILES string of the molecule is c1ccc(COc2ncc3[nH]cnc3n2)nc1. The first-order chi connectivity index (χ1) is 8.42. The van der Waals surface area contributed by atoms with Gasteiger partial charge in [0, 0.05) is 6.20 Å². The number of hydrogen-bond donors (Lipinski definition) is 1. The van der Waals surface area contributed by atoms with E-state index in [1.165, 1.54) is 0 Å². The fourth-order valence-corrected chi connectivity index (χ4v) is 1.41. The van der Waals surface area contributed by atoms with Crippen LogP contribution in [0.3, 0.4) is 0 Å². The number of rotatable bonds is 3. The summed E-state index contributed by atoms with van der Waals surface area (Å²) < 4.78 is 5.43. The van der Waals surface area contributed by atoms with Crippen LogP contribution in [-0.4, -0.2) is 24.9 Å². The summed E-state index contributed by atoms with van der Waals surface area (Å²) in [6, 6.07) is 5.95. The van der Waals surface area contributed by atoms with Crippen LogP contribution in [0.5, 0.6) is 6.01 Å². The molecule has 17 heavy (non-hydrogen) atoms. The molecule has 0 aromatic carbocycles. The summed E-state index contributed by atoms with van der Waals surface area (Å²) in [5.41, 5.74) is 2.21. The molecule has 3 aromatic heterocycles. The third kappa shape index (κ3) is 2.05. The zero-order chi connectivity index (χ0) is 11.5. The number of imidazole rings is 1. The summed E-state index contributed by atoms with van der Waals surface area (Å²) in [7, 11) is 0. The van der Waals surface area contributed by atoms with Crippen molar-refractivity contribution in [1.82, 2.24) is 24.9 Å². The third-order valence-electron chi connectivity index (χ3n) is 2.23. The molecule has 6 nitrogen and oxygen atoms in total. The van der Waals surface area contributed by atoms with Gasteiger partial charge < -0.3 is 9.72 Å². The number of aromatic amines is 1. The summed E-state index contributed by atoms with van der Waals surface area (Å²) in [6.45, 7) is 0.344. The van der Waals surface area contributed by atoms with Crippen molar-refractivity contribution in [3.05, 3.63) is 42.6 Å². The Bertz CT molecular complexity index is 622. The molecular formula is C11H9N5O. The standard InChI is InChI=1S/C11H9N5O/c1-2-4-12-8(3-1)6-17-11-13-5-9-10(16-11)15-7-14-9/h1-5,7H,6H2,(H,13,14,15,16). The molecule has 0 amide bonds. The Kier molecular flexibility index (Phi) is 2.38. The number of aromatic nitrogens is 5. The molecule has 3 heterocycles. The highest BCUT2D eigenvalue weighted by atomic mass is 16.5. The van der Waals surface area contributed by atoms with Crippen LogP contribution in [0.1, 0.15) is 5.69 Å². The monoisotopic (exact) mass is 227 g/mol. The Morgan fingerprint density at radius 3 is 3.06 bits per heavy atom. The maximum atomic E-state index is 5.43. The van der Waals surface area contributed by atoms with Gasteiger partial charge in [-0.15, -0.1) is 0 Å². The van der Waals surface area contributed by atoms with Gasteiger partial charge in [-0.2, -0.15) is 4.98 Å². The fraction of sp³-hybridized carbons (Fsp3) is 0.0909. The topological polar surface area (TPSA) is 76.6 Å². The highest BCUT2D eigenvalue weighted by molar-refractivity contribution is 5.68. The summed E-state index contributed by atoms with van der Waals surface area (Å²) in [5.74, 6) is 0. The molecule has 0 bridgehead atoms. The largest absolute Gasteiger partial charge is 0.457 e. The lowest BCUT2D eigenvalue weighted by atomic mass is 10.4. The van der Waals surface area contributed by atoms with Gasteiger partial charge >= 0.3 is 6.01 Å². The van der Waals surface area contributed by atoms with Crippen LogP contribution in [0.15, 0.2) is 36.9 Å². The van der Waals surface area contributed by atoms with E-state index >= 15 is 0 Å². The molecule has 84 valence electrons. The van der Waals surface area contributed by atoms with E-state index in [4.69, 9.17) is 4.74 Å². The van der Waals surface area contributed by atoms with Gasteiger partial charge in [0.25, 0.3) is 0 Å². The average molecular weight is 227 g/mol. The van der Waals surface area contributed by atoms with E-state index in [0.717, 1.165) is 11.2 Å². The Labute approximate surface area is 96.7 Å². The molecule has 0 atom stereocenters. The molecule has 3 rings (SSSR count). The molecule has 0 unspecified atom stereocenters. The highest BCUT2D eigenvalue weighted by Gasteiger charge is 2.03. The van der Waals surface area contributed by atoms with E-state index < -0.39 is 0 Å². The van der Waals surface area contributed by atoms with E-state index in [2.05, 4.69) is 24.9 Å². The molecule has 3 aromatic rings. The highest BCUT2D eigenvalue weighted by Crippen LogP contribution is 2.09. The first kappa shape index (κ1) is 9.71. The molecule has 0 saturated carbocycles. The number of H-pyrrole nitrogens is 1. The minimum Gasteiger partial charge on any atom is -0.457 e. The van der Waals surface area contributed by atoms with Gasteiger partial charge in [0.2, 0.25) is 0 Å². The summed E-state index contributed by atoms with van der Waals surface area (Å²) in [6.07, 6.45) is 4.93. The van der Waals surface area contributed by atoms with Gasteiger partial charge in [-0.3, -0.25) is 4.98 Å². The average Bonchev–Trinajstić information content (AvgIpc) is 2.85. The molecule has 0 saturated heterocycles. The zero-order valence-electron chi connectivity index (χ0n) is 8.87. The van der Waals surface area contributed by atoms with Crippen LogP contribution in [0.25, 0.3) is 11.2 Å². The van der Waals surface area contributed by atoms with Gasteiger partial charge in [-0.1, -0.05) is 6.07 Å². The summed E-state index contributed by atoms with van der Waals surface area (Å²) >= 11 is 0. The number of nitrogens with zero attached hydrogens (tertiary/aromatic N) is 4. The fourth-order valence-electron chi connectivity index (χ4n) is 1.41. The number of ether oxygens (including phenoxy) is 1. The van der Waals surface area contributed by atoms with Gasteiger partial charge in [0.05, 0.1) is 18.2 Å². The molecule has 0 spiro atoms. The normalized spacial score (nSPS) is 10.6. The molecule has 6 heteroatoms. The van der Waals surface area contributed by atoms with Crippen molar-refractivity contribution in [2.45, 2.75) is 6.61 Å². The van der Waals surface area contributed by atoms with Crippen molar-refractivity contribution in [3.8, 4) is 6.01 Å². The minimum absolute atomic E-state index is 0.301. The van der Waals surface area contributed by atoms with Gasteiger partial charge in [-0.05, 0) is 12.1 Å². The second-order valence-electron chi connectivity index (χ2n) is 3.40. The minimum atomic E-state index is 0.301. The van der Waals surface area contributed by atoms with Crippen LogP contribution in [0.2, 0.25) is 0 Å². The Hall–Kier alpha value is -2.50.